The molecular weight excluding hydrogens is 336 g/mol. The standard InChI is InChI=1S/C8H9BrO2.C8H10O2/c1-5-6(4-10)7(9)2-3-8(5)11;1-6-7(5-9)3-2-4-8(6)10/h2-3,10-11H,4H2,1H3;2-4,9-10H,5H2,1H3. The third-order valence-electron chi connectivity index (χ3n) is 3.26. The summed E-state index contributed by atoms with van der Waals surface area (Å²) in [6, 6.07) is 8.42. The van der Waals surface area contributed by atoms with E-state index < -0.39 is 0 Å². The Morgan fingerprint density at radius 2 is 1.48 bits per heavy atom. The van der Waals surface area contributed by atoms with Crippen LogP contribution in [0.2, 0.25) is 0 Å². The quantitative estimate of drug-likeness (QED) is 0.667. The van der Waals surface area contributed by atoms with E-state index in [1.54, 1.807) is 44.2 Å². The molecule has 0 amide bonds. The van der Waals surface area contributed by atoms with Crippen molar-refractivity contribution in [1.82, 2.24) is 0 Å². The maximum Gasteiger partial charge on any atom is 0.118 e. The van der Waals surface area contributed by atoms with E-state index in [2.05, 4.69) is 15.9 Å². The van der Waals surface area contributed by atoms with Crippen LogP contribution in [0.15, 0.2) is 34.8 Å². The first kappa shape index (κ1) is 17.5. The molecule has 5 heteroatoms. The minimum atomic E-state index is -0.0547. The van der Waals surface area contributed by atoms with Gasteiger partial charge in [0.25, 0.3) is 0 Å². The number of hydrogen-bond donors (Lipinski definition) is 4. The van der Waals surface area contributed by atoms with Crippen LogP contribution in [0.3, 0.4) is 0 Å². The van der Waals surface area contributed by atoms with Crippen molar-refractivity contribution in [2.24, 2.45) is 0 Å². The lowest BCUT2D eigenvalue weighted by Gasteiger charge is -2.06. The van der Waals surface area contributed by atoms with Crippen LogP contribution in [0.1, 0.15) is 22.3 Å². The number of aliphatic hydroxyl groups is 2. The van der Waals surface area contributed by atoms with E-state index in [1.807, 2.05) is 0 Å². The molecule has 0 spiro atoms. The monoisotopic (exact) mass is 354 g/mol. The lowest BCUT2D eigenvalue weighted by atomic mass is 10.1. The normalized spacial score (nSPS) is 9.95. The van der Waals surface area contributed by atoms with Gasteiger partial charge in [0.15, 0.2) is 0 Å². The summed E-state index contributed by atoms with van der Waals surface area (Å²) in [5, 5.41) is 36.0. The Morgan fingerprint density at radius 1 is 0.857 bits per heavy atom. The molecule has 0 aromatic heterocycles. The van der Waals surface area contributed by atoms with Gasteiger partial charge in [-0.05, 0) is 54.3 Å². The van der Waals surface area contributed by atoms with Crippen molar-refractivity contribution in [3.8, 4) is 11.5 Å². The first-order valence-corrected chi connectivity index (χ1v) is 7.17. The van der Waals surface area contributed by atoms with Crippen LogP contribution in [0.25, 0.3) is 0 Å². The molecule has 2 aromatic carbocycles. The highest BCUT2D eigenvalue weighted by Crippen LogP contribution is 2.27. The Morgan fingerprint density at radius 3 is 1.95 bits per heavy atom. The second-order valence-electron chi connectivity index (χ2n) is 4.55. The van der Waals surface area contributed by atoms with E-state index in [1.165, 1.54) is 0 Å². The van der Waals surface area contributed by atoms with Crippen molar-refractivity contribution in [3.63, 3.8) is 0 Å². The van der Waals surface area contributed by atoms with Crippen molar-refractivity contribution < 1.29 is 20.4 Å². The molecule has 0 aliphatic carbocycles. The van der Waals surface area contributed by atoms with Crippen molar-refractivity contribution in [1.29, 1.82) is 0 Å². The molecule has 0 aliphatic rings. The molecule has 0 saturated carbocycles. The van der Waals surface area contributed by atoms with Crippen LogP contribution in [0.5, 0.6) is 11.5 Å². The fourth-order valence-electron chi connectivity index (χ4n) is 1.75. The Labute approximate surface area is 132 Å². The van der Waals surface area contributed by atoms with Gasteiger partial charge in [-0.2, -0.15) is 0 Å². The predicted molar refractivity (Wildman–Crippen MR) is 85.2 cm³/mol. The van der Waals surface area contributed by atoms with Gasteiger partial charge in [0.2, 0.25) is 0 Å². The topological polar surface area (TPSA) is 80.9 Å². The van der Waals surface area contributed by atoms with E-state index >= 15 is 0 Å². The van der Waals surface area contributed by atoms with Gasteiger partial charge in [0, 0.05) is 4.47 Å². The number of benzene rings is 2. The molecule has 2 rings (SSSR count). The lowest BCUT2D eigenvalue weighted by Crippen LogP contribution is -1.90. The summed E-state index contributed by atoms with van der Waals surface area (Å²) in [4.78, 5) is 0. The van der Waals surface area contributed by atoms with Crippen LogP contribution >= 0.6 is 15.9 Å². The number of phenols is 2. The van der Waals surface area contributed by atoms with E-state index in [0.717, 1.165) is 26.7 Å². The van der Waals surface area contributed by atoms with Gasteiger partial charge in [-0.1, -0.05) is 28.1 Å². The second kappa shape index (κ2) is 8.02. The summed E-state index contributed by atoms with van der Waals surface area (Å²) in [6.07, 6.45) is 0. The molecule has 0 unspecified atom stereocenters. The smallest absolute Gasteiger partial charge is 0.118 e. The molecule has 4 nitrogen and oxygen atoms in total. The van der Waals surface area contributed by atoms with Crippen LogP contribution < -0.4 is 0 Å². The van der Waals surface area contributed by atoms with Crippen molar-refractivity contribution in [2.75, 3.05) is 0 Å². The minimum absolute atomic E-state index is 0.0137. The fraction of sp³-hybridized carbons (Fsp3) is 0.250. The Bertz CT molecular complexity index is 611. The zero-order valence-electron chi connectivity index (χ0n) is 12.0. The molecule has 0 atom stereocenters. The molecule has 4 N–H and O–H groups in total. The zero-order chi connectivity index (χ0) is 16.0. The number of rotatable bonds is 2. The fourth-order valence-corrected chi connectivity index (χ4v) is 2.30. The summed E-state index contributed by atoms with van der Waals surface area (Å²) in [5.74, 6) is 0.462. The third kappa shape index (κ3) is 4.46. The molecule has 0 aliphatic heterocycles. The number of aliphatic hydroxyl groups excluding tert-OH is 2. The Hall–Kier alpha value is -1.56. The molecule has 0 bridgehead atoms. The summed E-state index contributed by atoms with van der Waals surface area (Å²) in [7, 11) is 0. The maximum atomic E-state index is 9.22. The zero-order valence-corrected chi connectivity index (χ0v) is 13.6. The van der Waals surface area contributed by atoms with Gasteiger partial charge in [0.05, 0.1) is 13.2 Å². The molecule has 2 aromatic rings. The predicted octanol–water partition coefficient (Wildman–Crippen LogP) is 3.15. The Kier molecular flexibility index (Phi) is 6.68. The molecule has 0 fully saturated rings. The number of hydrogen-bond acceptors (Lipinski definition) is 4. The molecule has 114 valence electrons. The highest BCUT2D eigenvalue weighted by Gasteiger charge is 2.05. The van der Waals surface area contributed by atoms with Gasteiger partial charge < -0.3 is 20.4 Å². The van der Waals surface area contributed by atoms with Crippen LogP contribution in [-0.4, -0.2) is 20.4 Å². The largest absolute Gasteiger partial charge is 0.508 e. The lowest BCUT2D eigenvalue weighted by molar-refractivity contribution is 0.279. The van der Waals surface area contributed by atoms with Crippen LogP contribution in [0, 0.1) is 13.8 Å². The maximum absolute atomic E-state index is 9.22. The van der Waals surface area contributed by atoms with Gasteiger partial charge in [0.1, 0.15) is 11.5 Å². The highest BCUT2D eigenvalue weighted by atomic mass is 79.9. The van der Waals surface area contributed by atoms with E-state index in [9.17, 15) is 5.11 Å². The molecule has 0 radical (unpaired) electrons. The van der Waals surface area contributed by atoms with E-state index in [0.29, 0.717) is 0 Å². The number of phenolic OH excluding ortho intramolecular Hbond substituents is 2. The molecule has 0 saturated heterocycles. The highest BCUT2D eigenvalue weighted by molar-refractivity contribution is 9.10. The Balaban J connectivity index is 0.000000211. The van der Waals surface area contributed by atoms with Crippen LogP contribution in [-0.2, 0) is 13.2 Å². The van der Waals surface area contributed by atoms with E-state index in [4.69, 9.17) is 15.3 Å². The van der Waals surface area contributed by atoms with Crippen LogP contribution in [0.4, 0.5) is 0 Å². The second-order valence-corrected chi connectivity index (χ2v) is 5.40. The van der Waals surface area contributed by atoms with Crippen molar-refractivity contribution in [3.05, 3.63) is 57.1 Å². The summed E-state index contributed by atoms with van der Waals surface area (Å²) >= 11 is 3.27. The van der Waals surface area contributed by atoms with Gasteiger partial charge in [-0.15, -0.1) is 0 Å². The first-order valence-electron chi connectivity index (χ1n) is 6.38. The van der Waals surface area contributed by atoms with Crippen molar-refractivity contribution >= 4 is 15.9 Å². The summed E-state index contributed by atoms with van der Waals surface area (Å²) < 4.78 is 0.829. The number of halogens is 1. The van der Waals surface area contributed by atoms with Gasteiger partial charge >= 0.3 is 0 Å². The third-order valence-corrected chi connectivity index (χ3v) is 4.00. The minimum Gasteiger partial charge on any atom is -0.508 e. The molecule has 0 heterocycles. The van der Waals surface area contributed by atoms with Crippen molar-refractivity contribution in [2.45, 2.75) is 27.1 Å². The van der Waals surface area contributed by atoms with E-state index in [-0.39, 0.29) is 24.7 Å². The average Bonchev–Trinajstić information content (AvgIpc) is 2.47. The summed E-state index contributed by atoms with van der Waals surface area (Å²) in [6.45, 7) is 3.48. The molecular formula is C16H19BrO4. The van der Waals surface area contributed by atoms with Gasteiger partial charge in [-0.3, -0.25) is 0 Å². The first-order chi connectivity index (χ1) is 9.92. The molecule has 21 heavy (non-hydrogen) atoms. The number of aromatic hydroxyl groups is 2. The average molecular weight is 355 g/mol. The van der Waals surface area contributed by atoms with Gasteiger partial charge in [-0.25, -0.2) is 0 Å². The SMILES string of the molecule is Cc1c(O)ccc(Br)c1CO.Cc1c(O)cccc1CO. The summed E-state index contributed by atoms with van der Waals surface area (Å²) in [5.41, 5.74) is 3.00.